The van der Waals surface area contributed by atoms with Crippen LogP contribution in [0.25, 0.3) is 0 Å². The summed E-state index contributed by atoms with van der Waals surface area (Å²) in [5.74, 6) is -0.651. The van der Waals surface area contributed by atoms with Crippen molar-refractivity contribution in [3.05, 3.63) is 70.0 Å². The highest BCUT2D eigenvalue weighted by Gasteiger charge is 2.32. The number of esters is 1. The molecule has 3 rings (SSSR count). The summed E-state index contributed by atoms with van der Waals surface area (Å²) in [5, 5.41) is 10.7. The van der Waals surface area contributed by atoms with E-state index in [9.17, 15) is 27.5 Å². The molecule has 1 heterocycles. The molecule has 0 amide bonds. The first-order valence-corrected chi connectivity index (χ1v) is 13.1. The van der Waals surface area contributed by atoms with Gasteiger partial charge in [-0.15, -0.1) is 0 Å². The molecule has 0 bridgehead atoms. The lowest BCUT2D eigenvalue weighted by molar-refractivity contribution is -0.143. The molecular weight excluding hydrogens is 502 g/mol. The van der Waals surface area contributed by atoms with Crippen molar-refractivity contribution >= 4 is 5.97 Å². The number of ether oxygens (including phenoxy) is 2. The Morgan fingerprint density at radius 1 is 1.21 bits per heavy atom. The van der Waals surface area contributed by atoms with Crippen molar-refractivity contribution in [2.75, 3.05) is 26.3 Å². The van der Waals surface area contributed by atoms with Crippen LogP contribution >= 0.6 is 0 Å². The van der Waals surface area contributed by atoms with Crippen LogP contribution in [0.4, 0.5) is 17.6 Å². The van der Waals surface area contributed by atoms with Crippen molar-refractivity contribution in [2.45, 2.75) is 77.3 Å². The number of nitrogens with zero attached hydrogens (tertiary/aromatic N) is 1. The normalized spacial score (nSPS) is 17.9. The van der Waals surface area contributed by atoms with Gasteiger partial charge in [-0.25, -0.2) is 4.39 Å². The van der Waals surface area contributed by atoms with E-state index in [0.29, 0.717) is 29.7 Å². The monoisotopic (exact) mass is 539 g/mol. The van der Waals surface area contributed by atoms with Gasteiger partial charge in [0.25, 0.3) is 0 Å². The first-order valence-electron chi connectivity index (χ1n) is 13.1. The lowest BCUT2D eigenvalue weighted by Gasteiger charge is -2.28. The number of hydrogen-bond acceptors (Lipinski definition) is 5. The summed E-state index contributed by atoms with van der Waals surface area (Å²) in [4.78, 5) is 13.9. The van der Waals surface area contributed by atoms with Crippen LogP contribution in [0.2, 0.25) is 0 Å². The number of likely N-dealkylation sites (tertiary alicyclic amines) is 1. The molecule has 2 aromatic carbocycles. The van der Waals surface area contributed by atoms with Gasteiger partial charge in [0.2, 0.25) is 0 Å². The van der Waals surface area contributed by atoms with Crippen molar-refractivity contribution in [3.63, 3.8) is 0 Å². The molecule has 9 heteroatoms. The van der Waals surface area contributed by atoms with Gasteiger partial charge in [0.1, 0.15) is 5.82 Å². The van der Waals surface area contributed by atoms with Gasteiger partial charge in [-0.3, -0.25) is 9.69 Å². The predicted molar refractivity (Wildman–Crippen MR) is 136 cm³/mol. The molecule has 1 aliphatic heterocycles. The molecule has 0 aliphatic carbocycles. The van der Waals surface area contributed by atoms with Crippen molar-refractivity contribution in [2.24, 2.45) is 0 Å². The number of halogens is 4. The second-order valence-electron chi connectivity index (χ2n) is 9.92. The highest BCUT2D eigenvalue weighted by Crippen LogP contribution is 2.33. The van der Waals surface area contributed by atoms with E-state index in [2.05, 4.69) is 4.90 Å². The topological polar surface area (TPSA) is 59.0 Å². The smallest absolute Gasteiger partial charge is 0.416 e. The predicted octanol–water partition coefficient (Wildman–Crippen LogP) is 5.79. The van der Waals surface area contributed by atoms with E-state index in [1.54, 1.807) is 32.9 Å². The van der Waals surface area contributed by atoms with E-state index in [0.717, 1.165) is 37.1 Å². The number of benzene rings is 2. The standard InChI is InChI=1S/C29H37F4NO4/c1-4-37-28(36)12-10-22-9-11-23(29(31,32)33)16-26(22)20(3)38-18-25(35)17-34-13-5-6-24(34)14-21-8-7-19(2)27(30)15-21/h7-9,11,15-16,20,24-25,35H,4-6,10,12-14,17-18H2,1-3H3/t20-,24+,25-/m1/s1. The van der Waals surface area contributed by atoms with E-state index in [-0.39, 0.29) is 37.9 Å². The second-order valence-corrected chi connectivity index (χ2v) is 9.92. The minimum atomic E-state index is -4.52. The third kappa shape index (κ3) is 8.51. The molecule has 0 saturated carbocycles. The molecule has 210 valence electrons. The average Bonchev–Trinajstić information content (AvgIpc) is 3.29. The first-order chi connectivity index (χ1) is 18.0. The summed E-state index contributed by atoms with van der Waals surface area (Å²) in [5.41, 5.74) is 1.61. The molecule has 1 fully saturated rings. The zero-order valence-corrected chi connectivity index (χ0v) is 22.2. The lowest BCUT2D eigenvalue weighted by Crippen LogP contribution is -2.39. The second kappa shape index (κ2) is 13.5. The van der Waals surface area contributed by atoms with E-state index in [1.165, 1.54) is 6.07 Å². The van der Waals surface area contributed by atoms with Crippen LogP contribution in [0.5, 0.6) is 0 Å². The van der Waals surface area contributed by atoms with Gasteiger partial charge in [0.15, 0.2) is 0 Å². The van der Waals surface area contributed by atoms with Crippen molar-refractivity contribution in [3.8, 4) is 0 Å². The summed E-state index contributed by atoms with van der Waals surface area (Å²) in [6, 6.07) is 8.83. The van der Waals surface area contributed by atoms with E-state index in [1.807, 2.05) is 6.07 Å². The van der Waals surface area contributed by atoms with Crippen molar-refractivity contribution in [1.82, 2.24) is 4.90 Å². The summed E-state index contributed by atoms with van der Waals surface area (Å²) in [6.45, 7) is 6.38. The Bertz CT molecular complexity index is 1080. The van der Waals surface area contributed by atoms with Gasteiger partial charge < -0.3 is 14.6 Å². The molecule has 38 heavy (non-hydrogen) atoms. The largest absolute Gasteiger partial charge is 0.466 e. The van der Waals surface area contributed by atoms with Crippen molar-refractivity contribution < 1.29 is 36.9 Å². The molecule has 1 aliphatic rings. The fourth-order valence-electron chi connectivity index (χ4n) is 4.92. The summed E-state index contributed by atoms with van der Waals surface area (Å²) in [6.07, 6.45) is -3.24. The number of rotatable bonds is 12. The average molecular weight is 540 g/mol. The van der Waals surface area contributed by atoms with Crippen LogP contribution in [-0.2, 0) is 33.3 Å². The molecule has 5 nitrogen and oxygen atoms in total. The Hall–Kier alpha value is -2.49. The van der Waals surface area contributed by atoms with Crippen LogP contribution in [0, 0.1) is 12.7 Å². The highest BCUT2D eigenvalue weighted by molar-refractivity contribution is 5.69. The van der Waals surface area contributed by atoms with Gasteiger partial charge in [-0.1, -0.05) is 18.2 Å². The van der Waals surface area contributed by atoms with Crippen LogP contribution in [0.15, 0.2) is 36.4 Å². The number of carbonyl (C=O) groups is 1. The van der Waals surface area contributed by atoms with Crippen LogP contribution in [0.1, 0.15) is 67.0 Å². The third-order valence-corrected chi connectivity index (χ3v) is 7.01. The summed E-state index contributed by atoms with van der Waals surface area (Å²) < 4.78 is 64.8. The summed E-state index contributed by atoms with van der Waals surface area (Å²) >= 11 is 0. The fraction of sp³-hybridized carbons (Fsp3) is 0.552. The maximum absolute atomic E-state index is 14.0. The molecule has 1 N–H and O–H groups in total. The van der Waals surface area contributed by atoms with E-state index in [4.69, 9.17) is 9.47 Å². The Kier molecular flexibility index (Phi) is 10.7. The molecule has 3 atom stereocenters. The maximum Gasteiger partial charge on any atom is 0.416 e. The Morgan fingerprint density at radius 3 is 2.66 bits per heavy atom. The molecule has 0 aromatic heterocycles. The zero-order valence-electron chi connectivity index (χ0n) is 22.2. The number of aliphatic hydroxyl groups is 1. The van der Waals surface area contributed by atoms with E-state index < -0.39 is 29.9 Å². The molecule has 0 radical (unpaired) electrons. The maximum atomic E-state index is 14.0. The number of aliphatic hydroxyl groups excluding tert-OH is 1. The first kappa shape index (κ1) is 30.1. The van der Waals surface area contributed by atoms with Gasteiger partial charge in [0, 0.05) is 19.0 Å². The van der Waals surface area contributed by atoms with Gasteiger partial charge in [0.05, 0.1) is 31.0 Å². The van der Waals surface area contributed by atoms with Crippen LogP contribution < -0.4 is 0 Å². The number of aryl methyl sites for hydroxylation is 2. The molecule has 0 spiro atoms. The molecule has 1 saturated heterocycles. The number of carbonyl (C=O) groups excluding carboxylic acids is 1. The minimum absolute atomic E-state index is 0.0444. The van der Waals surface area contributed by atoms with Crippen LogP contribution in [0.3, 0.4) is 0 Å². The number of hydrogen-bond donors (Lipinski definition) is 1. The quantitative estimate of drug-likeness (QED) is 0.273. The van der Waals surface area contributed by atoms with Crippen LogP contribution in [-0.4, -0.2) is 54.4 Å². The zero-order chi connectivity index (χ0) is 27.9. The highest BCUT2D eigenvalue weighted by atomic mass is 19.4. The van der Waals surface area contributed by atoms with Gasteiger partial charge >= 0.3 is 12.1 Å². The SMILES string of the molecule is CCOC(=O)CCc1ccc(C(F)(F)F)cc1[C@@H](C)OC[C@H](O)CN1CCC[C@H]1Cc1ccc(C)c(F)c1. The Morgan fingerprint density at radius 2 is 1.97 bits per heavy atom. The lowest BCUT2D eigenvalue weighted by atomic mass is 9.96. The minimum Gasteiger partial charge on any atom is -0.466 e. The third-order valence-electron chi connectivity index (χ3n) is 7.01. The van der Waals surface area contributed by atoms with Gasteiger partial charge in [-0.05, 0) is 93.5 Å². The van der Waals surface area contributed by atoms with Crippen molar-refractivity contribution in [1.29, 1.82) is 0 Å². The Labute approximate surface area is 221 Å². The fourth-order valence-corrected chi connectivity index (χ4v) is 4.92. The molecule has 2 aromatic rings. The van der Waals surface area contributed by atoms with Gasteiger partial charge in [-0.2, -0.15) is 13.2 Å². The summed E-state index contributed by atoms with van der Waals surface area (Å²) in [7, 11) is 0. The Balaban J connectivity index is 1.61. The number of alkyl halides is 3. The van der Waals surface area contributed by atoms with E-state index >= 15 is 0 Å². The molecular formula is C29H37F4NO4. The molecule has 0 unspecified atom stereocenters. The number of β-amino-alcohol motifs (C(OH)–C–C–N with tert-alkyl or cyclic N) is 1.